The smallest absolute Gasteiger partial charge is 0.330 e. The zero-order valence-electron chi connectivity index (χ0n) is 17.8. The van der Waals surface area contributed by atoms with E-state index in [2.05, 4.69) is 20.9 Å². The van der Waals surface area contributed by atoms with Crippen LogP contribution in [0.15, 0.2) is 38.3 Å². The number of nitrogens with two attached hydrogens (primary N) is 1. The molecule has 2 rings (SSSR count). The quantitative estimate of drug-likeness (QED) is 0.572. The summed E-state index contributed by atoms with van der Waals surface area (Å²) in [5.41, 5.74) is 4.93. The first-order valence-electron chi connectivity index (χ1n) is 10.0. The van der Waals surface area contributed by atoms with E-state index >= 15 is 0 Å². The van der Waals surface area contributed by atoms with E-state index in [1.54, 1.807) is 19.1 Å². The third kappa shape index (κ3) is 5.75. The molecule has 0 unspecified atom stereocenters. The minimum absolute atomic E-state index is 0.0139. The maximum atomic E-state index is 13.2. The summed E-state index contributed by atoms with van der Waals surface area (Å²) in [6, 6.07) is 7.11. The predicted octanol–water partition coefficient (Wildman–Crippen LogP) is 3.14. The standard InChI is InChI=1S/C21H29BrN4O4/c1-5-6-11-25(20(28)14(4)30-16-9-7-15(22)8-10-16)17-18(23)26(12-13(2)3)21(29)24-19(17)27/h7-10,13-14H,5-6,11-12,23H2,1-4H3,(H,24,27,29)/t14-/m0/s1. The molecule has 0 fully saturated rings. The van der Waals surface area contributed by atoms with Gasteiger partial charge in [-0.2, -0.15) is 0 Å². The number of amides is 1. The van der Waals surface area contributed by atoms with E-state index in [-0.39, 0.29) is 24.0 Å². The number of anilines is 2. The first-order valence-corrected chi connectivity index (χ1v) is 10.8. The zero-order valence-corrected chi connectivity index (χ0v) is 19.4. The largest absolute Gasteiger partial charge is 0.481 e. The Morgan fingerprint density at radius 2 is 1.87 bits per heavy atom. The molecule has 0 saturated heterocycles. The van der Waals surface area contributed by atoms with Crippen LogP contribution in [-0.4, -0.2) is 28.1 Å². The van der Waals surface area contributed by atoms with E-state index in [1.165, 1.54) is 9.47 Å². The van der Waals surface area contributed by atoms with Crippen LogP contribution in [-0.2, 0) is 11.3 Å². The van der Waals surface area contributed by atoms with E-state index in [9.17, 15) is 14.4 Å². The van der Waals surface area contributed by atoms with Crippen LogP contribution >= 0.6 is 15.9 Å². The number of aromatic nitrogens is 2. The van der Waals surface area contributed by atoms with Crippen LogP contribution in [0.3, 0.4) is 0 Å². The summed E-state index contributed by atoms with van der Waals surface area (Å²) in [6.07, 6.45) is 0.626. The highest BCUT2D eigenvalue weighted by Crippen LogP contribution is 2.22. The van der Waals surface area contributed by atoms with E-state index in [1.807, 2.05) is 32.9 Å². The number of ether oxygens (including phenoxy) is 1. The molecule has 1 aromatic heterocycles. The summed E-state index contributed by atoms with van der Waals surface area (Å²) in [5.74, 6) is 0.236. The molecule has 3 N–H and O–H groups in total. The Labute approximate surface area is 184 Å². The van der Waals surface area contributed by atoms with Gasteiger partial charge in [0, 0.05) is 17.6 Å². The van der Waals surface area contributed by atoms with Gasteiger partial charge in [0.25, 0.3) is 11.5 Å². The maximum absolute atomic E-state index is 13.2. The van der Waals surface area contributed by atoms with Crippen molar-refractivity contribution < 1.29 is 9.53 Å². The van der Waals surface area contributed by atoms with Crippen LogP contribution in [0.25, 0.3) is 0 Å². The maximum Gasteiger partial charge on any atom is 0.330 e. The molecule has 0 saturated carbocycles. The number of unbranched alkanes of at least 4 members (excludes halogenated alkanes) is 1. The van der Waals surface area contributed by atoms with Gasteiger partial charge in [0.05, 0.1) is 0 Å². The summed E-state index contributed by atoms with van der Waals surface area (Å²) in [4.78, 5) is 41.8. The van der Waals surface area contributed by atoms with Crippen molar-refractivity contribution in [3.05, 3.63) is 49.6 Å². The Balaban J connectivity index is 2.43. The van der Waals surface area contributed by atoms with Crippen LogP contribution in [0.5, 0.6) is 5.75 Å². The van der Waals surface area contributed by atoms with E-state index in [4.69, 9.17) is 10.5 Å². The Morgan fingerprint density at radius 3 is 2.43 bits per heavy atom. The van der Waals surface area contributed by atoms with Crippen molar-refractivity contribution in [2.24, 2.45) is 5.92 Å². The zero-order chi connectivity index (χ0) is 22.4. The Kier molecular flexibility index (Phi) is 8.28. The van der Waals surface area contributed by atoms with Gasteiger partial charge >= 0.3 is 5.69 Å². The minimum Gasteiger partial charge on any atom is -0.481 e. The van der Waals surface area contributed by atoms with Gasteiger partial charge in [-0.1, -0.05) is 43.1 Å². The lowest BCUT2D eigenvalue weighted by Crippen LogP contribution is -2.46. The molecule has 164 valence electrons. The van der Waals surface area contributed by atoms with Crippen molar-refractivity contribution in [3.63, 3.8) is 0 Å². The van der Waals surface area contributed by atoms with Gasteiger partial charge in [-0.15, -0.1) is 0 Å². The number of carbonyl (C=O) groups excluding carboxylic acids is 1. The highest BCUT2D eigenvalue weighted by Gasteiger charge is 2.28. The highest BCUT2D eigenvalue weighted by atomic mass is 79.9. The fourth-order valence-corrected chi connectivity index (χ4v) is 3.28. The molecule has 0 radical (unpaired) electrons. The molecule has 30 heavy (non-hydrogen) atoms. The second-order valence-corrected chi connectivity index (χ2v) is 8.47. The second kappa shape index (κ2) is 10.5. The Hall–Kier alpha value is -2.55. The second-order valence-electron chi connectivity index (χ2n) is 7.56. The molecule has 2 aromatic rings. The van der Waals surface area contributed by atoms with Gasteiger partial charge in [0.1, 0.15) is 11.6 Å². The first-order chi connectivity index (χ1) is 14.1. The number of hydrogen-bond donors (Lipinski definition) is 2. The van der Waals surface area contributed by atoms with E-state index in [0.29, 0.717) is 18.7 Å². The molecular formula is C21H29BrN4O4. The SMILES string of the molecule is CCCCN(C(=O)[C@H](C)Oc1ccc(Br)cc1)c1c(N)n(CC(C)C)c(=O)[nH]c1=O. The number of nitrogen functional groups attached to an aromatic ring is 1. The highest BCUT2D eigenvalue weighted by molar-refractivity contribution is 9.10. The van der Waals surface area contributed by atoms with Gasteiger partial charge in [-0.05, 0) is 43.5 Å². The van der Waals surface area contributed by atoms with Crippen molar-refractivity contribution in [2.75, 3.05) is 17.2 Å². The number of hydrogen-bond acceptors (Lipinski definition) is 5. The molecule has 1 atom stereocenters. The summed E-state index contributed by atoms with van der Waals surface area (Å²) < 4.78 is 7.97. The topological polar surface area (TPSA) is 110 Å². The van der Waals surface area contributed by atoms with Crippen LogP contribution in [0.2, 0.25) is 0 Å². The molecule has 1 amide bonds. The van der Waals surface area contributed by atoms with E-state index < -0.39 is 23.3 Å². The van der Waals surface area contributed by atoms with Gasteiger partial charge in [0.15, 0.2) is 11.8 Å². The molecule has 0 spiro atoms. The fourth-order valence-electron chi connectivity index (χ4n) is 3.02. The first kappa shape index (κ1) is 23.7. The van der Waals surface area contributed by atoms with Gasteiger partial charge < -0.3 is 15.4 Å². The monoisotopic (exact) mass is 480 g/mol. The van der Waals surface area contributed by atoms with Crippen molar-refractivity contribution in [1.82, 2.24) is 9.55 Å². The average Bonchev–Trinajstić information content (AvgIpc) is 2.68. The Morgan fingerprint density at radius 1 is 1.23 bits per heavy atom. The molecule has 0 aliphatic carbocycles. The molecule has 0 aliphatic rings. The molecular weight excluding hydrogens is 452 g/mol. The number of rotatable bonds is 9. The van der Waals surface area contributed by atoms with Crippen molar-refractivity contribution in [3.8, 4) is 5.75 Å². The lowest BCUT2D eigenvalue weighted by molar-refractivity contribution is -0.124. The van der Waals surface area contributed by atoms with E-state index in [0.717, 1.165) is 10.9 Å². The lowest BCUT2D eigenvalue weighted by Gasteiger charge is -2.27. The number of aromatic amines is 1. The molecule has 0 aliphatic heterocycles. The lowest BCUT2D eigenvalue weighted by atomic mass is 10.2. The summed E-state index contributed by atoms with van der Waals surface area (Å²) in [7, 11) is 0. The predicted molar refractivity (Wildman–Crippen MR) is 122 cm³/mol. The minimum atomic E-state index is -0.854. The average molecular weight is 481 g/mol. The normalized spacial score (nSPS) is 12.1. The number of nitrogens with zero attached hydrogens (tertiary/aromatic N) is 2. The van der Waals surface area contributed by atoms with Crippen LogP contribution in [0.1, 0.15) is 40.5 Å². The van der Waals surface area contributed by atoms with Crippen molar-refractivity contribution in [1.29, 1.82) is 0 Å². The number of H-pyrrole nitrogens is 1. The van der Waals surface area contributed by atoms with Crippen molar-refractivity contribution in [2.45, 2.75) is 53.2 Å². The molecule has 9 heteroatoms. The Bertz CT molecular complexity index is 982. The molecule has 8 nitrogen and oxygen atoms in total. The summed E-state index contributed by atoms with van der Waals surface area (Å²) >= 11 is 3.36. The van der Waals surface area contributed by atoms with Crippen molar-refractivity contribution >= 4 is 33.3 Å². The number of nitrogens with one attached hydrogen (secondary N) is 1. The molecule has 1 heterocycles. The van der Waals surface area contributed by atoms with Gasteiger partial charge in [0.2, 0.25) is 0 Å². The van der Waals surface area contributed by atoms with Gasteiger partial charge in [-0.25, -0.2) is 4.79 Å². The fraction of sp³-hybridized carbons (Fsp3) is 0.476. The van der Waals surface area contributed by atoms with Gasteiger partial charge in [-0.3, -0.25) is 19.1 Å². The molecule has 1 aromatic carbocycles. The number of benzene rings is 1. The number of carbonyl (C=O) groups is 1. The third-order valence-corrected chi connectivity index (χ3v) is 5.04. The van der Waals surface area contributed by atoms with Crippen LogP contribution in [0.4, 0.5) is 11.5 Å². The van der Waals surface area contributed by atoms with Crippen LogP contribution < -0.4 is 26.6 Å². The number of halogens is 1. The third-order valence-electron chi connectivity index (χ3n) is 4.51. The van der Waals surface area contributed by atoms with Crippen LogP contribution in [0, 0.1) is 5.92 Å². The summed E-state index contributed by atoms with van der Waals surface area (Å²) in [5, 5.41) is 0. The summed E-state index contributed by atoms with van der Waals surface area (Å²) in [6.45, 7) is 8.09. The molecule has 0 bridgehead atoms.